The van der Waals surface area contributed by atoms with Crippen LogP contribution in [0.3, 0.4) is 0 Å². The SMILES string of the molecule is NC(=O)c1cc(N)ccc1NC1C2C3CCC(C3)C12. The van der Waals surface area contributed by atoms with Crippen molar-refractivity contribution in [3.63, 3.8) is 0 Å². The highest BCUT2D eigenvalue weighted by atomic mass is 16.1. The van der Waals surface area contributed by atoms with Crippen LogP contribution < -0.4 is 16.8 Å². The van der Waals surface area contributed by atoms with Crippen LogP contribution >= 0.6 is 0 Å². The normalized spacial score (nSPS) is 38.0. The Balaban J connectivity index is 1.57. The van der Waals surface area contributed by atoms with E-state index in [0.29, 0.717) is 17.3 Å². The molecular weight excluding hydrogens is 238 g/mol. The van der Waals surface area contributed by atoms with E-state index in [1.807, 2.05) is 12.1 Å². The van der Waals surface area contributed by atoms with Gasteiger partial charge in [0, 0.05) is 17.4 Å². The number of rotatable bonds is 3. The van der Waals surface area contributed by atoms with Crippen LogP contribution in [-0.2, 0) is 0 Å². The summed E-state index contributed by atoms with van der Waals surface area (Å²) in [5.41, 5.74) is 13.1. The average molecular weight is 257 g/mol. The van der Waals surface area contributed by atoms with E-state index in [-0.39, 0.29) is 0 Å². The van der Waals surface area contributed by atoms with E-state index in [1.165, 1.54) is 19.3 Å². The second-order valence-corrected chi connectivity index (χ2v) is 6.33. The van der Waals surface area contributed by atoms with Crippen molar-refractivity contribution < 1.29 is 4.79 Å². The van der Waals surface area contributed by atoms with E-state index in [4.69, 9.17) is 11.5 Å². The van der Waals surface area contributed by atoms with Crippen LogP contribution in [0.15, 0.2) is 18.2 Å². The van der Waals surface area contributed by atoms with Crippen LogP contribution in [-0.4, -0.2) is 11.9 Å². The highest BCUT2D eigenvalue weighted by molar-refractivity contribution is 5.99. The van der Waals surface area contributed by atoms with Crippen molar-refractivity contribution in [1.82, 2.24) is 0 Å². The van der Waals surface area contributed by atoms with Crippen LogP contribution in [0.1, 0.15) is 29.6 Å². The van der Waals surface area contributed by atoms with Crippen molar-refractivity contribution >= 4 is 17.3 Å². The van der Waals surface area contributed by atoms with Crippen molar-refractivity contribution in [2.75, 3.05) is 11.1 Å². The monoisotopic (exact) mass is 257 g/mol. The van der Waals surface area contributed by atoms with Gasteiger partial charge < -0.3 is 16.8 Å². The Bertz CT molecular complexity index is 540. The second-order valence-electron chi connectivity index (χ2n) is 6.33. The minimum absolute atomic E-state index is 0.413. The van der Waals surface area contributed by atoms with Crippen LogP contribution in [0.5, 0.6) is 0 Å². The van der Waals surface area contributed by atoms with Crippen LogP contribution in [0.25, 0.3) is 0 Å². The number of anilines is 2. The molecule has 0 aliphatic heterocycles. The summed E-state index contributed by atoms with van der Waals surface area (Å²) in [5, 5.41) is 3.54. The number of fused-ring (bicyclic) bond motifs is 5. The Labute approximate surface area is 112 Å². The van der Waals surface area contributed by atoms with Gasteiger partial charge in [-0.25, -0.2) is 0 Å². The molecule has 1 amide bonds. The molecule has 3 aliphatic carbocycles. The van der Waals surface area contributed by atoms with E-state index in [0.717, 1.165) is 29.4 Å². The number of nitrogens with one attached hydrogen (secondary N) is 1. The molecule has 1 aromatic carbocycles. The van der Waals surface area contributed by atoms with Crippen molar-refractivity contribution in [2.24, 2.45) is 29.4 Å². The number of primary amides is 1. The number of hydrogen-bond donors (Lipinski definition) is 3. The minimum Gasteiger partial charge on any atom is -0.399 e. The molecule has 4 atom stereocenters. The van der Waals surface area contributed by atoms with Crippen molar-refractivity contribution in [3.05, 3.63) is 23.8 Å². The van der Waals surface area contributed by atoms with E-state index in [2.05, 4.69) is 5.32 Å². The smallest absolute Gasteiger partial charge is 0.250 e. The topological polar surface area (TPSA) is 81.1 Å². The maximum absolute atomic E-state index is 11.5. The third-order valence-corrected chi connectivity index (χ3v) is 5.37. The lowest BCUT2D eigenvalue weighted by Crippen LogP contribution is -2.18. The fourth-order valence-corrected chi connectivity index (χ4v) is 4.59. The molecule has 4 unspecified atom stereocenters. The average Bonchev–Trinajstić information content (AvgIpc) is 2.79. The van der Waals surface area contributed by atoms with Gasteiger partial charge in [0.2, 0.25) is 0 Å². The molecule has 5 N–H and O–H groups in total. The largest absolute Gasteiger partial charge is 0.399 e. The third kappa shape index (κ3) is 1.55. The molecular formula is C15H19N3O. The quantitative estimate of drug-likeness (QED) is 0.722. The van der Waals surface area contributed by atoms with Gasteiger partial charge in [0.05, 0.1) is 5.56 Å². The maximum Gasteiger partial charge on any atom is 0.250 e. The molecule has 4 heteroatoms. The summed E-state index contributed by atoms with van der Waals surface area (Å²) in [6, 6.07) is 5.91. The predicted molar refractivity (Wildman–Crippen MR) is 74.6 cm³/mol. The van der Waals surface area contributed by atoms with Crippen molar-refractivity contribution in [3.8, 4) is 0 Å². The molecule has 4 rings (SSSR count). The molecule has 0 spiro atoms. The van der Waals surface area contributed by atoms with Crippen LogP contribution in [0.2, 0.25) is 0 Å². The zero-order chi connectivity index (χ0) is 13.1. The molecule has 100 valence electrons. The number of carbonyl (C=O) groups is 1. The molecule has 19 heavy (non-hydrogen) atoms. The first-order valence-electron chi connectivity index (χ1n) is 7.11. The van der Waals surface area contributed by atoms with E-state index >= 15 is 0 Å². The van der Waals surface area contributed by atoms with E-state index in [9.17, 15) is 4.79 Å². The van der Waals surface area contributed by atoms with Gasteiger partial charge in [-0.15, -0.1) is 0 Å². The number of amides is 1. The number of nitrogens with two attached hydrogens (primary N) is 2. The Morgan fingerprint density at radius 1 is 1.21 bits per heavy atom. The van der Waals surface area contributed by atoms with Crippen LogP contribution in [0.4, 0.5) is 11.4 Å². The Hall–Kier alpha value is -1.71. The Kier molecular flexibility index (Phi) is 2.14. The fourth-order valence-electron chi connectivity index (χ4n) is 4.59. The van der Waals surface area contributed by atoms with Gasteiger partial charge in [0.25, 0.3) is 5.91 Å². The summed E-state index contributed by atoms with van der Waals surface area (Å²) < 4.78 is 0. The van der Waals surface area contributed by atoms with E-state index in [1.54, 1.807) is 6.07 Å². The van der Waals surface area contributed by atoms with E-state index < -0.39 is 5.91 Å². The number of carbonyl (C=O) groups excluding carboxylic acids is 1. The highest BCUT2D eigenvalue weighted by Crippen LogP contribution is 2.66. The molecule has 0 saturated heterocycles. The lowest BCUT2D eigenvalue weighted by atomic mass is 10.0. The van der Waals surface area contributed by atoms with Gasteiger partial charge in [-0.2, -0.15) is 0 Å². The lowest BCUT2D eigenvalue weighted by Gasteiger charge is -2.14. The zero-order valence-electron chi connectivity index (χ0n) is 10.8. The molecule has 3 aliphatic rings. The molecule has 2 bridgehead atoms. The minimum atomic E-state index is -0.413. The molecule has 3 saturated carbocycles. The molecule has 0 radical (unpaired) electrons. The Morgan fingerprint density at radius 2 is 1.89 bits per heavy atom. The number of hydrogen-bond acceptors (Lipinski definition) is 3. The molecule has 0 heterocycles. The fraction of sp³-hybridized carbons (Fsp3) is 0.533. The third-order valence-electron chi connectivity index (χ3n) is 5.37. The summed E-state index contributed by atoms with van der Waals surface area (Å²) in [5.74, 6) is 3.08. The molecule has 1 aromatic rings. The highest BCUT2D eigenvalue weighted by Gasteiger charge is 2.65. The molecule has 4 nitrogen and oxygen atoms in total. The van der Waals surface area contributed by atoms with Crippen molar-refractivity contribution in [2.45, 2.75) is 25.3 Å². The maximum atomic E-state index is 11.5. The first kappa shape index (κ1) is 11.1. The van der Waals surface area contributed by atoms with Gasteiger partial charge in [-0.05, 0) is 61.1 Å². The van der Waals surface area contributed by atoms with Gasteiger partial charge in [0.1, 0.15) is 0 Å². The van der Waals surface area contributed by atoms with Gasteiger partial charge in [0.15, 0.2) is 0 Å². The first-order chi connectivity index (χ1) is 9.15. The Morgan fingerprint density at radius 3 is 2.53 bits per heavy atom. The summed E-state index contributed by atoms with van der Waals surface area (Å²) in [6.07, 6.45) is 4.22. The van der Waals surface area contributed by atoms with Gasteiger partial charge >= 0.3 is 0 Å². The number of benzene rings is 1. The standard InChI is InChI=1S/C15H19N3O/c16-9-3-4-11(10(6-9)15(17)19)18-14-12-7-1-2-8(5-7)13(12)14/h3-4,6-8,12-14,18H,1-2,5,16H2,(H2,17,19). The summed E-state index contributed by atoms with van der Waals surface area (Å²) in [7, 11) is 0. The molecule has 0 aromatic heterocycles. The second kappa shape index (κ2) is 3.65. The zero-order valence-corrected chi connectivity index (χ0v) is 10.8. The summed E-state index contributed by atoms with van der Waals surface area (Å²) in [6.45, 7) is 0. The number of nitrogen functional groups attached to an aromatic ring is 1. The van der Waals surface area contributed by atoms with Gasteiger partial charge in [-0.1, -0.05) is 0 Å². The first-order valence-corrected chi connectivity index (χ1v) is 7.11. The lowest BCUT2D eigenvalue weighted by molar-refractivity contribution is 0.100. The summed E-state index contributed by atoms with van der Waals surface area (Å²) in [4.78, 5) is 11.5. The van der Waals surface area contributed by atoms with Crippen LogP contribution in [0, 0.1) is 23.7 Å². The molecule has 3 fully saturated rings. The van der Waals surface area contributed by atoms with Gasteiger partial charge in [-0.3, -0.25) is 4.79 Å². The predicted octanol–water partition coefficient (Wildman–Crippen LogP) is 1.82. The van der Waals surface area contributed by atoms with Crippen molar-refractivity contribution in [1.29, 1.82) is 0 Å². The summed E-state index contributed by atoms with van der Waals surface area (Å²) >= 11 is 0.